The number of rotatable bonds is 3. The quantitative estimate of drug-likeness (QED) is 0.854. The van der Waals surface area contributed by atoms with Crippen LogP contribution in [0.5, 0.6) is 5.75 Å². The third-order valence-corrected chi connectivity index (χ3v) is 3.82. The van der Waals surface area contributed by atoms with E-state index in [1.807, 2.05) is 0 Å². The zero-order valence-corrected chi connectivity index (χ0v) is 13.2. The second-order valence-corrected chi connectivity index (χ2v) is 5.29. The number of ether oxygens (including phenoxy) is 1. The lowest BCUT2D eigenvalue weighted by Gasteiger charge is -2.13. The molecule has 1 heterocycles. The maximum absolute atomic E-state index is 14.2. The number of nitrogens with zero attached hydrogens (tertiary/aromatic N) is 1. The summed E-state index contributed by atoms with van der Waals surface area (Å²) in [5.41, 5.74) is 4.76. The Kier molecular flexibility index (Phi) is 4.65. The van der Waals surface area contributed by atoms with Gasteiger partial charge in [-0.3, -0.25) is 0 Å². The molecule has 0 aliphatic rings. The number of carboxylic acids is 1. The van der Waals surface area contributed by atoms with Gasteiger partial charge in [-0.25, -0.2) is 14.2 Å². The Morgan fingerprint density at radius 1 is 1.32 bits per heavy atom. The summed E-state index contributed by atoms with van der Waals surface area (Å²) >= 11 is 17.7. The van der Waals surface area contributed by atoms with Crippen LogP contribution in [0.2, 0.25) is 15.1 Å². The molecular formula is C13H8Cl3FN2O3. The van der Waals surface area contributed by atoms with Gasteiger partial charge in [0.1, 0.15) is 5.82 Å². The lowest BCUT2D eigenvalue weighted by molar-refractivity contribution is 0.0691. The summed E-state index contributed by atoms with van der Waals surface area (Å²) in [6, 6.07) is 2.20. The number of methoxy groups -OCH3 is 1. The number of carbonyl (C=O) groups is 1. The van der Waals surface area contributed by atoms with Crippen LogP contribution in [0, 0.1) is 5.82 Å². The average Bonchev–Trinajstić information content (AvgIpc) is 2.42. The van der Waals surface area contributed by atoms with Crippen LogP contribution in [-0.2, 0) is 0 Å². The van der Waals surface area contributed by atoms with E-state index >= 15 is 0 Å². The Morgan fingerprint density at radius 3 is 2.50 bits per heavy atom. The summed E-state index contributed by atoms with van der Waals surface area (Å²) in [7, 11) is 1.31. The third kappa shape index (κ3) is 2.77. The minimum Gasteiger partial charge on any atom is -0.494 e. The minimum absolute atomic E-state index is 0.0332. The van der Waals surface area contributed by atoms with Crippen molar-refractivity contribution in [3.63, 3.8) is 0 Å². The van der Waals surface area contributed by atoms with Gasteiger partial charge in [0, 0.05) is 0 Å². The van der Waals surface area contributed by atoms with E-state index in [4.69, 9.17) is 50.4 Å². The van der Waals surface area contributed by atoms with E-state index in [9.17, 15) is 9.18 Å². The van der Waals surface area contributed by atoms with Crippen molar-refractivity contribution < 1.29 is 19.0 Å². The first kappa shape index (κ1) is 16.6. The Balaban J connectivity index is 2.80. The molecule has 116 valence electrons. The summed E-state index contributed by atoms with van der Waals surface area (Å²) in [6.45, 7) is 0. The topological polar surface area (TPSA) is 85.4 Å². The first-order chi connectivity index (χ1) is 10.3. The predicted molar refractivity (Wildman–Crippen MR) is 82.6 cm³/mol. The van der Waals surface area contributed by atoms with E-state index < -0.39 is 17.5 Å². The van der Waals surface area contributed by atoms with E-state index in [-0.39, 0.29) is 37.8 Å². The fourth-order valence-electron chi connectivity index (χ4n) is 1.81. The van der Waals surface area contributed by atoms with Gasteiger partial charge in [0.15, 0.2) is 11.4 Å². The van der Waals surface area contributed by atoms with Crippen molar-refractivity contribution >= 4 is 46.5 Å². The van der Waals surface area contributed by atoms with Crippen molar-refractivity contribution in [1.82, 2.24) is 4.98 Å². The van der Waals surface area contributed by atoms with Gasteiger partial charge in [0.25, 0.3) is 0 Å². The van der Waals surface area contributed by atoms with Crippen LogP contribution in [0.25, 0.3) is 11.3 Å². The molecule has 0 saturated carbocycles. The summed E-state index contributed by atoms with van der Waals surface area (Å²) in [5, 5.41) is 8.64. The van der Waals surface area contributed by atoms with Gasteiger partial charge < -0.3 is 15.6 Å². The number of anilines is 1. The van der Waals surface area contributed by atoms with Gasteiger partial charge in [-0.15, -0.1) is 0 Å². The van der Waals surface area contributed by atoms with Gasteiger partial charge >= 0.3 is 5.97 Å². The highest BCUT2D eigenvalue weighted by molar-refractivity contribution is 6.39. The molecular weight excluding hydrogens is 358 g/mol. The second kappa shape index (κ2) is 6.16. The maximum atomic E-state index is 14.2. The Bertz CT molecular complexity index is 784. The van der Waals surface area contributed by atoms with Crippen LogP contribution in [0.1, 0.15) is 10.5 Å². The Labute approximate surface area is 139 Å². The number of nitrogens with two attached hydrogens (primary N) is 1. The molecule has 1 aromatic carbocycles. The third-order valence-electron chi connectivity index (χ3n) is 2.78. The molecule has 0 aliphatic heterocycles. The van der Waals surface area contributed by atoms with Crippen LogP contribution >= 0.6 is 34.8 Å². The van der Waals surface area contributed by atoms with E-state index in [0.717, 1.165) is 6.07 Å². The minimum atomic E-state index is -1.41. The summed E-state index contributed by atoms with van der Waals surface area (Å²) in [6.07, 6.45) is 0. The van der Waals surface area contributed by atoms with Crippen molar-refractivity contribution in [2.45, 2.75) is 0 Å². The Hall–Kier alpha value is -1.76. The summed E-state index contributed by atoms with van der Waals surface area (Å²) in [5.74, 6) is -2.18. The first-order valence-corrected chi connectivity index (χ1v) is 6.82. The number of pyridine rings is 1. The fourth-order valence-corrected chi connectivity index (χ4v) is 2.67. The fraction of sp³-hybridized carbons (Fsp3) is 0.0769. The monoisotopic (exact) mass is 364 g/mol. The molecule has 22 heavy (non-hydrogen) atoms. The van der Waals surface area contributed by atoms with Crippen molar-refractivity contribution in [3.8, 4) is 17.0 Å². The molecule has 0 saturated heterocycles. The molecule has 0 aliphatic carbocycles. The standard InChI is InChI=1S/C13H8Cl3FN2O3/c1-22-12-4(14)2-5(17)8(10(12)16)7-3-6(18)9(15)11(19-7)13(20)21/h2-3H,1H3,(H2,18,19)(H,20,21). The number of nitrogen functional groups attached to an aromatic ring is 1. The second-order valence-electron chi connectivity index (χ2n) is 4.13. The summed E-state index contributed by atoms with van der Waals surface area (Å²) < 4.78 is 19.2. The smallest absolute Gasteiger partial charge is 0.356 e. The van der Waals surface area contributed by atoms with E-state index in [2.05, 4.69) is 4.98 Å². The van der Waals surface area contributed by atoms with Gasteiger partial charge in [0.2, 0.25) is 0 Å². The highest BCUT2D eigenvalue weighted by Gasteiger charge is 2.23. The molecule has 0 unspecified atom stereocenters. The normalized spacial score (nSPS) is 10.6. The van der Waals surface area contributed by atoms with Gasteiger partial charge in [-0.1, -0.05) is 34.8 Å². The molecule has 0 atom stereocenters. The number of benzene rings is 1. The highest BCUT2D eigenvalue weighted by Crippen LogP contribution is 2.42. The molecule has 2 aromatic rings. The molecule has 0 bridgehead atoms. The number of halogens is 4. The zero-order chi connectivity index (χ0) is 16.6. The SMILES string of the molecule is COc1c(Cl)cc(F)c(-c2cc(N)c(Cl)c(C(=O)O)n2)c1Cl. The number of aromatic nitrogens is 1. The molecule has 0 fully saturated rings. The molecule has 5 nitrogen and oxygen atoms in total. The maximum Gasteiger partial charge on any atom is 0.356 e. The van der Waals surface area contributed by atoms with E-state index in [0.29, 0.717) is 0 Å². The molecule has 9 heteroatoms. The highest BCUT2D eigenvalue weighted by atomic mass is 35.5. The number of aromatic carboxylic acids is 1. The van der Waals surface area contributed by atoms with Crippen LogP contribution in [0.4, 0.5) is 10.1 Å². The first-order valence-electron chi connectivity index (χ1n) is 5.69. The number of carboxylic acid groups (broad SMARTS) is 1. The lowest BCUT2D eigenvalue weighted by atomic mass is 10.1. The van der Waals surface area contributed by atoms with Crippen LogP contribution in [0.15, 0.2) is 12.1 Å². The summed E-state index contributed by atoms with van der Waals surface area (Å²) in [4.78, 5) is 14.9. The van der Waals surface area contributed by atoms with Crippen molar-refractivity contribution in [2.24, 2.45) is 0 Å². The largest absolute Gasteiger partial charge is 0.494 e. The molecule has 2 rings (SSSR count). The molecule has 0 spiro atoms. The molecule has 0 radical (unpaired) electrons. The average molecular weight is 366 g/mol. The van der Waals surface area contributed by atoms with Crippen molar-refractivity contribution in [3.05, 3.63) is 38.7 Å². The van der Waals surface area contributed by atoms with Crippen LogP contribution in [-0.4, -0.2) is 23.2 Å². The van der Waals surface area contributed by atoms with Gasteiger partial charge in [-0.05, 0) is 12.1 Å². The molecule has 3 N–H and O–H groups in total. The van der Waals surface area contributed by atoms with Crippen LogP contribution < -0.4 is 10.5 Å². The number of hydrogen-bond donors (Lipinski definition) is 2. The van der Waals surface area contributed by atoms with Crippen LogP contribution in [0.3, 0.4) is 0 Å². The number of hydrogen-bond acceptors (Lipinski definition) is 4. The zero-order valence-electron chi connectivity index (χ0n) is 11.0. The Morgan fingerprint density at radius 2 is 1.95 bits per heavy atom. The van der Waals surface area contributed by atoms with E-state index in [1.165, 1.54) is 13.2 Å². The lowest BCUT2D eigenvalue weighted by Crippen LogP contribution is -2.06. The van der Waals surface area contributed by atoms with Crippen molar-refractivity contribution in [2.75, 3.05) is 12.8 Å². The van der Waals surface area contributed by atoms with Gasteiger partial charge in [-0.2, -0.15) is 0 Å². The molecule has 1 aromatic heterocycles. The van der Waals surface area contributed by atoms with Crippen molar-refractivity contribution in [1.29, 1.82) is 0 Å². The van der Waals surface area contributed by atoms with Gasteiger partial charge in [0.05, 0.1) is 39.1 Å². The predicted octanol–water partition coefficient (Wildman–Crippen LogP) is 4.14. The molecule has 0 amide bonds. The van der Waals surface area contributed by atoms with E-state index in [1.54, 1.807) is 0 Å².